The third kappa shape index (κ3) is 5.67. The standard InChI is InChI=1S/C20H19N5O4/c1-21-19(27)17-11-16(7-9-22-17)29-15-4-2-13(3-5-15)12-24-20(28)25-14-6-8-23-18(26)10-14/h2-11H,12H2,1H3,(H,21,27)(H3,23,24,25,26,28). The van der Waals surface area contributed by atoms with Gasteiger partial charge in [-0.15, -0.1) is 0 Å². The summed E-state index contributed by atoms with van der Waals surface area (Å²) in [6.45, 7) is 0.297. The summed E-state index contributed by atoms with van der Waals surface area (Å²) in [7, 11) is 1.53. The van der Waals surface area contributed by atoms with Gasteiger partial charge in [0, 0.05) is 43.8 Å². The highest BCUT2D eigenvalue weighted by Crippen LogP contribution is 2.22. The van der Waals surface area contributed by atoms with Crippen LogP contribution in [0, 0.1) is 0 Å². The van der Waals surface area contributed by atoms with Crippen molar-refractivity contribution in [3.05, 3.63) is 82.5 Å². The van der Waals surface area contributed by atoms with E-state index in [9.17, 15) is 14.4 Å². The Kier molecular flexibility index (Phi) is 6.21. The number of nitrogens with one attached hydrogen (secondary N) is 4. The first kappa shape index (κ1) is 19.6. The number of ether oxygens (including phenoxy) is 1. The maximum Gasteiger partial charge on any atom is 0.319 e. The van der Waals surface area contributed by atoms with Gasteiger partial charge in [0.2, 0.25) is 5.56 Å². The fourth-order valence-corrected chi connectivity index (χ4v) is 2.42. The number of aromatic nitrogens is 2. The van der Waals surface area contributed by atoms with Gasteiger partial charge < -0.3 is 25.7 Å². The second-order valence-corrected chi connectivity index (χ2v) is 5.95. The van der Waals surface area contributed by atoms with Gasteiger partial charge in [-0.05, 0) is 29.8 Å². The van der Waals surface area contributed by atoms with Crippen molar-refractivity contribution in [2.75, 3.05) is 12.4 Å². The van der Waals surface area contributed by atoms with Gasteiger partial charge in [-0.3, -0.25) is 14.6 Å². The minimum absolute atomic E-state index is 0.261. The minimum Gasteiger partial charge on any atom is -0.457 e. The molecule has 0 aliphatic heterocycles. The van der Waals surface area contributed by atoms with Crippen LogP contribution in [0.1, 0.15) is 16.1 Å². The number of nitrogens with zero attached hydrogens (tertiary/aromatic N) is 1. The van der Waals surface area contributed by atoms with Crippen LogP contribution in [-0.2, 0) is 6.54 Å². The van der Waals surface area contributed by atoms with Crippen molar-refractivity contribution < 1.29 is 14.3 Å². The number of urea groups is 1. The van der Waals surface area contributed by atoms with Crippen LogP contribution in [0.15, 0.2) is 65.7 Å². The maximum absolute atomic E-state index is 11.9. The first-order valence-corrected chi connectivity index (χ1v) is 8.72. The zero-order chi connectivity index (χ0) is 20.6. The number of pyridine rings is 2. The van der Waals surface area contributed by atoms with E-state index in [-0.39, 0.29) is 17.2 Å². The van der Waals surface area contributed by atoms with Crippen molar-refractivity contribution >= 4 is 17.6 Å². The Labute approximate surface area is 166 Å². The van der Waals surface area contributed by atoms with Crippen molar-refractivity contribution in [3.63, 3.8) is 0 Å². The van der Waals surface area contributed by atoms with E-state index in [1.165, 1.54) is 25.5 Å². The molecule has 2 heterocycles. The number of aromatic amines is 1. The van der Waals surface area contributed by atoms with E-state index in [1.54, 1.807) is 30.3 Å². The van der Waals surface area contributed by atoms with Crippen LogP contribution in [0.2, 0.25) is 0 Å². The van der Waals surface area contributed by atoms with Gasteiger partial charge in [0.05, 0.1) is 0 Å². The molecule has 4 N–H and O–H groups in total. The molecule has 0 aliphatic rings. The molecule has 0 saturated heterocycles. The molecule has 1 aromatic carbocycles. The van der Waals surface area contributed by atoms with E-state index in [0.717, 1.165) is 5.56 Å². The fraction of sp³-hybridized carbons (Fsp3) is 0.100. The van der Waals surface area contributed by atoms with E-state index in [2.05, 4.69) is 25.9 Å². The molecule has 2 aromatic heterocycles. The quantitative estimate of drug-likeness (QED) is 0.511. The summed E-state index contributed by atoms with van der Waals surface area (Å²) < 4.78 is 5.73. The Hall–Kier alpha value is -4.14. The van der Waals surface area contributed by atoms with Crippen molar-refractivity contribution in [1.82, 2.24) is 20.6 Å². The van der Waals surface area contributed by atoms with E-state index in [4.69, 9.17) is 4.74 Å². The fourth-order valence-electron chi connectivity index (χ4n) is 2.42. The van der Waals surface area contributed by atoms with Gasteiger partial charge in [-0.25, -0.2) is 4.79 Å². The van der Waals surface area contributed by atoms with Crippen LogP contribution in [-0.4, -0.2) is 29.0 Å². The average molecular weight is 393 g/mol. The Morgan fingerprint density at radius 3 is 2.59 bits per heavy atom. The number of anilines is 1. The smallest absolute Gasteiger partial charge is 0.319 e. The second kappa shape index (κ2) is 9.18. The zero-order valence-electron chi connectivity index (χ0n) is 15.6. The SMILES string of the molecule is CNC(=O)c1cc(Oc2ccc(CNC(=O)Nc3cc[nH]c(=O)c3)cc2)ccn1. The van der Waals surface area contributed by atoms with Crippen LogP contribution in [0.25, 0.3) is 0 Å². The molecular formula is C20H19N5O4. The molecule has 3 rings (SSSR count). The largest absolute Gasteiger partial charge is 0.457 e. The highest BCUT2D eigenvalue weighted by atomic mass is 16.5. The average Bonchev–Trinajstić information content (AvgIpc) is 2.73. The minimum atomic E-state index is -0.422. The Balaban J connectivity index is 1.54. The van der Waals surface area contributed by atoms with Crippen LogP contribution >= 0.6 is 0 Å². The van der Waals surface area contributed by atoms with Crippen LogP contribution in [0.4, 0.5) is 10.5 Å². The molecule has 0 fully saturated rings. The van der Waals surface area contributed by atoms with Gasteiger partial charge >= 0.3 is 6.03 Å². The summed E-state index contributed by atoms with van der Waals surface area (Å²) >= 11 is 0. The van der Waals surface area contributed by atoms with Crippen molar-refractivity contribution in [2.24, 2.45) is 0 Å². The third-order valence-electron chi connectivity index (χ3n) is 3.84. The maximum atomic E-state index is 11.9. The van der Waals surface area contributed by atoms with Crippen molar-refractivity contribution in [2.45, 2.75) is 6.54 Å². The molecule has 0 radical (unpaired) electrons. The summed E-state index contributed by atoms with van der Waals surface area (Å²) in [5.41, 5.74) is 1.23. The molecule has 9 heteroatoms. The number of rotatable bonds is 6. The molecule has 0 bridgehead atoms. The monoisotopic (exact) mass is 393 g/mol. The topological polar surface area (TPSA) is 125 Å². The number of carbonyl (C=O) groups is 2. The lowest BCUT2D eigenvalue weighted by Gasteiger charge is -2.09. The molecule has 148 valence electrons. The molecule has 0 saturated carbocycles. The van der Waals surface area contributed by atoms with E-state index in [0.29, 0.717) is 23.7 Å². The van der Waals surface area contributed by atoms with Crippen LogP contribution < -0.4 is 26.2 Å². The number of benzene rings is 1. The summed E-state index contributed by atoms with van der Waals surface area (Å²) in [4.78, 5) is 41.2. The predicted octanol–water partition coefficient (Wildman–Crippen LogP) is 2.24. The highest BCUT2D eigenvalue weighted by molar-refractivity contribution is 5.92. The first-order valence-electron chi connectivity index (χ1n) is 8.72. The Morgan fingerprint density at radius 2 is 1.86 bits per heavy atom. The van der Waals surface area contributed by atoms with E-state index in [1.807, 2.05) is 12.1 Å². The van der Waals surface area contributed by atoms with Gasteiger partial charge in [0.1, 0.15) is 17.2 Å². The van der Waals surface area contributed by atoms with Gasteiger partial charge in [-0.1, -0.05) is 12.1 Å². The zero-order valence-corrected chi connectivity index (χ0v) is 15.6. The van der Waals surface area contributed by atoms with Gasteiger partial charge in [-0.2, -0.15) is 0 Å². The first-order chi connectivity index (χ1) is 14.0. The van der Waals surface area contributed by atoms with Crippen molar-refractivity contribution in [1.29, 1.82) is 0 Å². The van der Waals surface area contributed by atoms with Gasteiger partial charge in [0.15, 0.2) is 0 Å². The summed E-state index contributed by atoms with van der Waals surface area (Å²) in [5.74, 6) is 0.771. The Morgan fingerprint density at radius 1 is 1.07 bits per heavy atom. The number of carbonyl (C=O) groups excluding carboxylic acids is 2. The lowest BCUT2D eigenvalue weighted by Crippen LogP contribution is -2.28. The molecule has 0 spiro atoms. The molecule has 0 atom stereocenters. The molecule has 29 heavy (non-hydrogen) atoms. The third-order valence-corrected chi connectivity index (χ3v) is 3.84. The summed E-state index contributed by atoms with van der Waals surface area (Å²) in [6, 6.07) is 12.8. The predicted molar refractivity (Wildman–Crippen MR) is 107 cm³/mol. The second-order valence-electron chi connectivity index (χ2n) is 5.95. The molecule has 0 unspecified atom stereocenters. The molecule has 3 amide bonds. The molecule has 0 aliphatic carbocycles. The van der Waals surface area contributed by atoms with Gasteiger partial charge in [0.25, 0.3) is 5.91 Å². The molecular weight excluding hydrogens is 374 g/mol. The summed E-state index contributed by atoms with van der Waals surface area (Å²) in [5, 5.41) is 7.80. The number of amides is 3. The lowest BCUT2D eigenvalue weighted by atomic mass is 10.2. The normalized spacial score (nSPS) is 10.1. The van der Waals surface area contributed by atoms with Crippen LogP contribution in [0.5, 0.6) is 11.5 Å². The number of hydrogen-bond acceptors (Lipinski definition) is 5. The molecule has 9 nitrogen and oxygen atoms in total. The Bertz CT molecular complexity index is 1060. The lowest BCUT2D eigenvalue weighted by molar-refractivity contribution is 0.0958. The number of hydrogen-bond donors (Lipinski definition) is 4. The van der Waals surface area contributed by atoms with Crippen molar-refractivity contribution in [3.8, 4) is 11.5 Å². The van der Waals surface area contributed by atoms with E-state index >= 15 is 0 Å². The van der Waals surface area contributed by atoms with Crippen LogP contribution in [0.3, 0.4) is 0 Å². The number of H-pyrrole nitrogens is 1. The highest BCUT2D eigenvalue weighted by Gasteiger charge is 2.07. The molecule has 3 aromatic rings. The summed E-state index contributed by atoms with van der Waals surface area (Å²) in [6.07, 6.45) is 2.95. The van der Waals surface area contributed by atoms with E-state index < -0.39 is 6.03 Å².